The molecule has 0 fully saturated rings. The average molecular weight is 261 g/mol. The standard InChI is InChI=1S/C15H17ClN2/c1-3-17-9-13-8-12(4-5-15(13)16)14-10-18-7-6-11(14)2/h4-8,10,17H,3,9H2,1-2H3. The van der Waals surface area contributed by atoms with E-state index in [9.17, 15) is 0 Å². The van der Waals surface area contributed by atoms with E-state index in [1.165, 1.54) is 5.56 Å². The highest BCUT2D eigenvalue weighted by atomic mass is 35.5. The molecular weight excluding hydrogens is 244 g/mol. The van der Waals surface area contributed by atoms with Crippen molar-refractivity contribution in [3.05, 3.63) is 52.8 Å². The van der Waals surface area contributed by atoms with Gasteiger partial charge in [-0.3, -0.25) is 4.98 Å². The Hall–Kier alpha value is -1.38. The first kappa shape index (κ1) is 13.1. The van der Waals surface area contributed by atoms with Gasteiger partial charge in [0.1, 0.15) is 0 Å². The number of hydrogen-bond acceptors (Lipinski definition) is 2. The second-order valence-electron chi connectivity index (χ2n) is 4.28. The van der Waals surface area contributed by atoms with Crippen molar-refractivity contribution in [3.8, 4) is 11.1 Å². The topological polar surface area (TPSA) is 24.9 Å². The molecule has 0 saturated carbocycles. The van der Waals surface area contributed by atoms with Gasteiger partial charge in [0, 0.05) is 29.5 Å². The number of benzene rings is 1. The number of aryl methyl sites for hydroxylation is 1. The number of rotatable bonds is 4. The second-order valence-corrected chi connectivity index (χ2v) is 4.68. The maximum Gasteiger partial charge on any atom is 0.0451 e. The minimum atomic E-state index is 0.794. The molecule has 0 aliphatic carbocycles. The van der Waals surface area contributed by atoms with E-state index in [1.807, 2.05) is 30.6 Å². The summed E-state index contributed by atoms with van der Waals surface area (Å²) in [7, 11) is 0. The summed E-state index contributed by atoms with van der Waals surface area (Å²) in [6.07, 6.45) is 3.71. The smallest absolute Gasteiger partial charge is 0.0451 e. The van der Waals surface area contributed by atoms with Gasteiger partial charge in [0.15, 0.2) is 0 Å². The van der Waals surface area contributed by atoms with Gasteiger partial charge in [-0.1, -0.05) is 24.6 Å². The molecule has 0 radical (unpaired) electrons. The fourth-order valence-corrected chi connectivity index (χ4v) is 2.09. The fraction of sp³-hybridized carbons (Fsp3) is 0.267. The molecule has 94 valence electrons. The number of hydrogen-bond donors (Lipinski definition) is 1. The van der Waals surface area contributed by atoms with Gasteiger partial charge in [0.05, 0.1) is 0 Å². The molecule has 0 spiro atoms. The quantitative estimate of drug-likeness (QED) is 0.904. The van der Waals surface area contributed by atoms with Gasteiger partial charge in [-0.15, -0.1) is 0 Å². The lowest BCUT2D eigenvalue weighted by atomic mass is 10.0. The zero-order valence-electron chi connectivity index (χ0n) is 10.7. The molecular formula is C15H17ClN2. The predicted octanol–water partition coefficient (Wildman–Crippen LogP) is 3.82. The Morgan fingerprint density at radius 3 is 2.83 bits per heavy atom. The number of pyridine rings is 1. The summed E-state index contributed by atoms with van der Waals surface area (Å²) < 4.78 is 0. The van der Waals surface area contributed by atoms with Crippen LogP contribution in [0, 0.1) is 6.92 Å². The molecule has 0 aliphatic rings. The normalized spacial score (nSPS) is 10.6. The van der Waals surface area contributed by atoms with Gasteiger partial charge in [-0.05, 0) is 48.4 Å². The van der Waals surface area contributed by atoms with Crippen LogP contribution >= 0.6 is 11.6 Å². The minimum absolute atomic E-state index is 0.794. The summed E-state index contributed by atoms with van der Waals surface area (Å²) in [4.78, 5) is 4.19. The third kappa shape index (κ3) is 2.89. The minimum Gasteiger partial charge on any atom is -0.313 e. The lowest BCUT2D eigenvalue weighted by Gasteiger charge is -2.10. The van der Waals surface area contributed by atoms with E-state index >= 15 is 0 Å². The number of nitrogens with zero attached hydrogens (tertiary/aromatic N) is 1. The van der Waals surface area contributed by atoms with Gasteiger partial charge in [-0.2, -0.15) is 0 Å². The molecule has 0 bridgehead atoms. The molecule has 1 N–H and O–H groups in total. The van der Waals surface area contributed by atoms with E-state index in [0.29, 0.717) is 0 Å². The molecule has 18 heavy (non-hydrogen) atoms. The molecule has 1 aromatic heterocycles. The van der Waals surface area contributed by atoms with Crippen LogP contribution in [-0.4, -0.2) is 11.5 Å². The SMILES string of the molecule is CCNCc1cc(-c2cnccc2C)ccc1Cl. The van der Waals surface area contributed by atoms with Gasteiger partial charge in [0.2, 0.25) is 0 Å². The Morgan fingerprint density at radius 1 is 1.28 bits per heavy atom. The van der Waals surface area contributed by atoms with Crippen molar-refractivity contribution >= 4 is 11.6 Å². The molecule has 1 heterocycles. The van der Waals surface area contributed by atoms with Gasteiger partial charge in [0.25, 0.3) is 0 Å². The van der Waals surface area contributed by atoms with Crippen LogP contribution in [-0.2, 0) is 6.54 Å². The van der Waals surface area contributed by atoms with Crippen molar-refractivity contribution in [1.82, 2.24) is 10.3 Å². The van der Waals surface area contributed by atoms with E-state index in [0.717, 1.165) is 34.8 Å². The van der Waals surface area contributed by atoms with Crippen LogP contribution in [0.4, 0.5) is 0 Å². The molecule has 2 rings (SSSR count). The summed E-state index contributed by atoms with van der Waals surface area (Å²) in [5.74, 6) is 0. The molecule has 0 saturated heterocycles. The Morgan fingerprint density at radius 2 is 2.11 bits per heavy atom. The Balaban J connectivity index is 2.38. The second kappa shape index (κ2) is 5.98. The molecule has 0 amide bonds. The van der Waals surface area contributed by atoms with Crippen LogP contribution in [0.3, 0.4) is 0 Å². The molecule has 2 nitrogen and oxygen atoms in total. The van der Waals surface area contributed by atoms with E-state index in [1.54, 1.807) is 0 Å². The zero-order valence-corrected chi connectivity index (χ0v) is 11.5. The first-order chi connectivity index (χ1) is 8.72. The highest BCUT2D eigenvalue weighted by Gasteiger charge is 2.05. The lowest BCUT2D eigenvalue weighted by molar-refractivity contribution is 0.727. The van der Waals surface area contributed by atoms with E-state index in [2.05, 4.69) is 30.2 Å². The molecule has 0 atom stereocenters. The molecule has 2 aromatic rings. The Bertz CT molecular complexity index is 538. The van der Waals surface area contributed by atoms with E-state index < -0.39 is 0 Å². The summed E-state index contributed by atoms with van der Waals surface area (Å²) in [5.41, 5.74) is 4.67. The molecule has 1 aromatic carbocycles. The molecule has 0 unspecified atom stereocenters. The number of halogens is 1. The first-order valence-corrected chi connectivity index (χ1v) is 6.50. The summed E-state index contributed by atoms with van der Waals surface area (Å²) >= 11 is 6.20. The monoisotopic (exact) mass is 260 g/mol. The van der Waals surface area contributed by atoms with Crippen molar-refractivity contribution in [2.24, 2.45) is 0 Å². The maximum absolute atomic E-state index is 6.20. The van der Waals surface area contributed by atoms with Crippen LogP contribution in [0.5, 0.6) is 0 Å². The Kier molecular flexibility index (Phi) is 4.34. The largest absolute Gasteiger partial charge is 0.313 e. The van der Waals surface area contributed by atoms with Crippen molar-refractivity contribution < 1.29 is 0 Å². The van der Waals surface area contributed by atoms with E-state index in [-0.39, 0.29) is 0 Å². The first-order valence-electron chi connectivity index (χ1n) is 6.12. The third-order valence-corrected chi connectivity index (χ3v) is 3.33. The zero-order chi connectivity index (χ0) is 13.0. The van der Waals surface area contributed by atoms with Crippen LogP contribution in [0.2, 0.25) is 5.02 Å². The van der Waals surface area contributed by atoms with Crippen LogP contribution in [0.15, 0.2) is 36.7 Å². The van der Waals surface area contributed by atoms with Crippen molar-refractivity contribution in [2.75, 3.05) is 6.54 Å². The summed E-state index contributed by atoms with van der Waals surface area (Å²) in [6.45, 7) is 5.91. The summed E-state index contributed by atoms with van der Waals surface area (Å²) in [5, 5.41) is 4.11. The predicted molar refractivity (Wildman–Crippen MR) is 76.8 cm³/mol. The Labute approximate surface area is 113 Å². The van der Waals surface area contributed by atoms with Crippen LogP contribution in [0.1, 0.15) is 18.1 Å². The van der Waals surface area contributed by atoms with Crippen molar-refractivity contribution in [1.29, 1.82) is 0 Å². The van der Waals surface area contributed by atoms with Crippen molar-refractivity contribution in [3.63, 3.8) is 0 Å². The van der Waals surface area contributed by atoms with Crippen molar-refractivity contribution in [2.45, 2.75) is 20.4 Å². The molecule has 0 aliphatic heterocycles. The summed E-state index contributed by atoms with van der Waals surface area (Å²) in [6, 6.07) is 8.15. The van der Waals surface area contributed by atoms with E-state index in [4.69, 9.17) is 11.6 Å². The molecule has 3 heteroatoms. The fourth-order valence-electron chi connectivity index (χ4n) is 1.90. The lowest BCUT2D eigenvalue weighted by Crippen LogP contribution is -2.12. The average Bonchev–Trinajstić information content (AvgIpc) is 2.39. The maximum atomic E-state index is 6.20. The van der Waals surface area contributed by atoms with Gasteiger partial charge < -0.3 is 5.32 Å². The number of aromatic nitrogens is 1. The van der Waals surface area contributed by atoms with Gasteiger partial charge >= 0.3 is 0 Å². The van der Waals surface area contributed by atoms with Crippen LogP contribution < -0.4 is 5.32 Å². The highest BCUT2D eigenvalue weighted by molar-refractivity contribution is 6.31. The number of nitrogens with one attached hydrogen (secondary N) is 1. The van der Waals surface area contributed by atoms with Gasteiger partial charge in [-0.25, -0.2) is 0 Å². The van der Waals surface area contributed by atoms with Crippen LogP contribution in [0.25, 0.3) is 11.1 Å². The highest BCUT2D eigenvalue weighted by Crippen LogP contribution is 2.26. The third-order valence-electron chi connectivity index (χ3n) is 2.96.